The van der Waals surface area contributed by atoms with E-state index in [1.165, 1.54) is 0 Å². The largest absolute Gasteiger partial charge is 0.492 e. The zero-order valence-electron chi connectivity index (χ0n) is 14.0. The van der Waals surface area contributed by atoms with Gasteiger partial charge in [-0.15, -0.1) is 0 Å². The number of amides is 1. The third-order valence-corrected chi connectivity index (χ3v) is 6.45. The molecule has 0 spiro atoms. The van der Waals surface area contributed by atoms with Crippen LogP contribution >= 0.6 is 0 Å². The molecule has 2 aliphatic rings. The Morgan fingerprint density at radius 2 is 1.92 bits per heavy atom. The van der Waals surface area contributed by atoms with Crippen LogP contribution in [0.1, 0.15) is 13.3 Å². The zero-order chi connectivity index (χ0) is 17.2. The summed E-state index contributed by atoms with van der Waals surface area (Å²) in [5, 5.41) is 0. The Morgan fingerprint density at radius 3 is 2.54 bits per heavy atom. The average molecular weight is 352 g/mol. The van der Waals surface area contributed by atoms with Crippen molar-refractivity contribution < 1.29 is 17.9 Å². The molecule has 0 N–H and O–H groups in total. The van der Waals surface area contributed by atoms with Crippen LogP contribution in [0.15, 0.2) is 24.3 Å². The molecule has 3 rings (SSSR count). The van der Waals surface area contributed by atoms with Gasteiger partial charge >= 0.3 is 0 Å². The van der Waals surface area contributed by atoms with E-state index in [1.807, 2.05) is 36.1 Å². The summed E-state index contributed by atoms with van der Waals surface area (Å²) in [5.74, 6) is 0.664. The Balaban J connectivity index is 1.61. The van der Waals surface area contributed by atoms with Crippen LogP contribution in [0, 0.1) is 5.92 Å². The number of ether oxygens (including phenoxy) is 1. The fourth-order valence-electron chi connectivity index (χ4n) is 3.41. The van der Waals surface area contributed by atoms with Crippen molar-refractivity contribution in [3.05, 3.63) is 24.3 Å². The van der Waals surface area contributed by atoms with Crippen LogP contribution in [0.4, 0.5) is 5.69 Å². The highest BCUT2D eigenvalue weighted by Crippen LogP contribution is 2.29. The van der Waals surface area contributed by atoms with Crippen LogP contribution in [0.5, 0.6) is 5.75 Å². The maximum Gasteiger partial charge on any atom is 0.226 e. The molecule has 7 heteroatoms. The van der Waals surface area contributed by atoms with Gasteiger partial charge in [-0.05, 0) is 25.5 Å². The Morgan fingerprint density at radius 1 is 1.21 bits per heavy atom. The lowest BCUT2D eigenvalue weighted by Gasteiger charge is -2.37. The standard InChI is InChI=1S/C17H24N2O4S/c1-2-23-16-6-4-3-5-15(16)18-8-10-19(11-9-18)17(20)14-7-12-24(21,22)13-14/h3-6,14H,2,7-13H2,1H3. The van der Waals surface area contributed by atoms with E-state index in [0.29, 0.717) is 26.1 Å². The van der Waals surface area contributed by atoms with Crippen LogP contribution in [0.3, 0.4) is 0 Å². The third kappa shape index (κ3) is 3.66. The van der Waals surface area contributed by atoms with E-state index in [-0.39, 0.29) is 23.3 Å². The Bertz CT molecular complexity index is 696. The molecule has 0 aromatic heterocycles. The van der Waals surface area contributed by atoms with Gasteiger partial charge in [-0.25, -0.2) is 8.42 Å². The summed E-state index contributed by atoms with van der Waals surface area (Å²) < 4.78 is 28.8. The number of carbonyl (C=O) groups excluding carboxylic acids is 1. The molecular weight excluding hydrogens is 328 g/mol. The lowest BCUT2D eigenvalue weighted by molar-refractivity contribution is -0.135. The second kappa shape index (κ2) is 7.01. The highest BCUT2D eigenvalue weighted by atomic mass is 32.2. The molecule has 24 heavy (non-hydrogen) atoms. The van der Waals surface area contributed by atoms with Gasteiger partial charge in [0.15, 0.2) is 9.84 Å². The van der Waals surface area contributed by atoms with Gasteiger partial charge in [0.1, 0.15) is 5.75 Å². The fraction of sp³-hybridized carbons (Fsp3) is 0.588. The molecule has 1 atom stereocenters. The highest BCUT2D eigenvalue weighted by molar-refractivity contribution is 7.91. The van der Waals surface area contributed by atoms with Gasteiger partial charge in [-0.3, -0.25) is 4.79 Å². The van der Waals surface area contributed by atoms with Crippen LogP contribution in [-0.2, 0) is 14.6 Å². The molecule has 2 fully saturated rings. The molecule has 2 aliphatic heterocycles. The number of nitrogens with zero attached hydrogens (tertiary/aromatic N) is 2. The molecule has 0 bridgehead atoms. The first-order valence-electron chi connectivity index (χ1n) is 8.46. The average Bonchev–Trinajstić information content (AvgIpc) is 2.95. The summed E-state index contributed by atoms with van der Waals surface area (Å²) in [4.78, 5) is 16.6. The second-order valence-electron chi connectivity index (χ2n) is 6.31. The quantitative estimate of drug-likeness (QED) is 0.814. The van der Waals surface area contributed by atoms with Crippen LogP contribution < -0.4 is 9.64 Å². The normalized spacial score (nSPS) is 23.3. The minimum absolute atomic E-state index is 0.00572. The van der Waals surface area contributed by atoms with E-state index < -0.39 is 9.84 Å². The number of rotatable bonds is 4. The van der Waals surface area contributed by atoms with E-state index >= 15 is 0 Å². The van der Waals surface area contributed by atoms with Crippen molar-refractivity contribution in [2.24, 2.45) is 5.92 Å². The molecule has 0 radical (unpaired) electrons. The Kier molecular flexibility index (Phi) is 4.99. The number of benzene rings is 1. The maximum atomic E-state index is 12.5. The number of piperazine rings is 1. The maximum absolute atomic E-state index is 12.5. The zero-order valence-corrected chi connectivity index (χ0v) is 14.8. The summed E-state index contributed by atoms with van der Waals surface area (Å²) in [6, 6.07) is 7.93. The molecule has 0 saturated carbocycles. The Hall–Kier alpha value is -1.76. The molecule has 2 saturated heterocycles. The van der Waals surface area contributed by atoms with Crippen molar-refractivity contribution in [1.82, 2.24) is 4.90 Å². The summed E-state index contributed by atoms with van der Waals surface area (Å²) in [6.07, 6.45) is 0.467. The van der Waals surface area contributed by atoms with Crippen LogP contribution in [0.25, 0.3) is 0 Å². The number of anilines is 1. The Labute approximate surface area is 143 Å². The lowest BCUT2D eigenvalue weighted by atomic mass is 10.1. The number of hydrogen-bond acceptors (Lipinski definition) is 5. The van der Waals surface area contributed by atoms with Crippen molar-refractivity contribution in [1.29, 1.82) is 0 Å². The molecule has 6 nitrogen and oxygen atoms in total. The first kappa shape index (κ1) is 17.1. The minimum atomic E-state index is -3.02. The first-order chi connectivity index (χ1) is 11.5. The molecule has 0 aliphatic carbocycles. The second-order valence-corrected chi connectivity index (χ2v) is 8.54. The van der Waals surface area contributed by atoms with E-state index in [0.717, 1.165) is 24.5 Å². The summed E-state index contributed by atoms with van der Waals surface area (Å²) >= 11 is 0. The summed E-state index contributed by atoms with van der Waals surface area (Å²) in [7, 11) is -3.02. The fourth-order valence-corrected chi connectivity index (χ4v) is 5.14. The van der Waals surface area contributed by atoms with E-state index in [1.54, 1.807) is 0 Å². The summed E-state index contributed by atoms with van der Waals surface area (Å²) in [5.41, 5.74) is 1.05. The molecule has 2 heterocycles. The first-order valence-corrected chi connectivity index (χ1v) is 10.3. The molecule has 1 amide bonds. The van der Waals surface area contributed by atoms with Crippen molar-refractivity contribution in [3.63, 3.8) is 0 Å². The smallest absolute Gasteiger partial charge is 0.226 e. The van der Waals surface area contributed by atoms with Gasteiger partial charge in [-0.1, -0.05) is 12.1 Å². The number of para-hydroxylation sites is 2. The predicted octanol–water partition coefficient (Wildman–Crippen LogP) is 1.17. The van der Waals surface area contributed by atoms with E-state index in [2.05, 4.69) is 4.90 Å². The molecule has 1 unspecified atom stereocenters. The van der Waals surface area contributed by atoms with Gasteiger partial charge < -0.3 is 14.5 Å². The van der Waals surface area contributed by atoms with Crippen molar-refractivity contribution in [2.75, 3.05) is 49.2 Å². The van der Waals surface area contributed by atoms with Gasteiger partial charge in [-0.2, -0.15) is 0 Å². The molecule has 132 valence electrons. The third-order valence-electron chi connectivity index (χ3n) is 4.68. The van der Waals surface area contributed by atoms with Crippen molar-refractivity contribution in [2.45, 2.75) is 13.3 Å². The van der Waals surface area contributed by atoms with Gasteiger partial charge in [0.25, 0.3) is 0 Å². The topological polar surface area (TPSA) is 66.9 Å². The number of sulfone groups is 1. The lowest BCUT2D eigenvalue weighted by Crippen LogP contribution is -2.50. The van der Waals surface area contributed by atoms with Gasteiger partial charge in [0.2, 0.25) is 5.91 Å². The minimum Gasteiger partial charge on any atom is -0.492 e. The van der Waals surface area contributed by atoms with Gasteiger partial charge in [0.05, 0.1) is 29.7 Å². The van der Waals surface area contributed by atoms with Crippen molar-refractivity contribution in [3.8, 4) is 5.75 Å². The van der Waals surface area contributed by atoms with Crippen molar-refractivity contribution >= 4 is 21.4 Å². The highest BCUT2D eigenvalue weighted by Gasteiger charge is 2.36. The number of hydrogen-bond donors (Lipinski definition) is 0. The molecular formula is C17H24N2O4S. The molecule has 1 aromatic rings. The molecule has 1 aromatic carbocycles. The predicted molar refractivity (Wildman–Crippen MR) is 93.2 cm³/mol. The number of carbonyl (C=O) groups is 1. The monoisotopic (exact) mass is 352 g/mol. The summed E-state index contributed by atoms with van der Waals surface area (Å²) in [6.45, 7) is 5.28. The van der Waals surface area contributed by atoms with Crippen LogP contribution in [-0.4, -0.2) is 63.5 Å². The van der Waals surface area contributed by atoms with Gasteiger partial charge in [0, 0.05) is 26.2 Å². The SMILES string of the molecule is CCOc1ccccc1N1CCN(C(=O)C2CCS(=O)(=O)C2)CC1. The van der Waals surface area contributed by atoms with E-state index in [9.17, 15) is 13.2 Å². The van der Waals surface area contributed by atoms with E-state index in [4.69, 9.17) is 4.74 Å². The van der Waals surface area contributed by atoms with Crippen LogP contribution in [0.2, 0.25) is 0 Å².